The first-order valence-electron chi connectivity index (χ1n) is 6.10. The number of benzene rings is 2. The van der Waals surface area contributed by atoms with E-state index in [1.807, 2.05) is 36.4 Å². The summed E-state index contributed by atoms with van der Waals surface area (Å²) in [4.78, 5) is 0. The predicted octanol–water partition coefficient (Wildman–Crippen LogP) is 4.42. The lowest BCUT2D eigenvalue weighted by molar-refractivity contribution is 0.318. The predicted molar refractivity (Wildman–Crippen MR) is 88.4 cm³/mol. The molecule has 20 heavy (non-hydrogen) atoms. The Bertz CT molecular complexity index is 585. The number of ether oxygens (including phenoxy) is 2. The van der Waals surface area contributed by atoms with Crippen LogP contribution in [0, 0.1) is 0 Å². The van der Waals surface area contributed by atoms with Gasteiger partial charge in [-0.15, -0.1) is 0 Å². The topological polar surface area (TPSA) is 44.5 Å². The third kappa shape index (κ3) is 3.90. The van der Waals surface area contributed by atoms with Gasteiger partial charge in [0.05, 0.1) is 22.7 Å². The molecule has 106 valence electrons. The monoisotopic (exact) mass is 399 g/mol. The molecule has 0 radical (unpaired) electrons. The molecule has 0 aliphatic carbocycles. The Morgan fingerprint density at radius 2 is 1.60 bits per heavy atom. The SMILES string of the molecule is COc1cc(Br)c(OCCc2ccc(N)cc2)cc1Br. The van der Waals surface area contributed by atoms with Crippen molar-refractivity contribution in [2.45, 2.75) is 6.42 Å². The highest BCUT2D eigenvalue weighted by Crippen LogP contribution is 2.36. The van der Waals surface area contributed by atoms with Crippen molar-refractivity contribution in [1.29, 1.82) is 0 Å². The van der Waals surface area contributed by atoms with Crippen LogP contribution in [0.25, 0.3) is 0 Å². The van der Waals surface area contributed by atoms with E-state index in [1.165, 1.54) is 5.56 Å². The minimum atomic E-state index is 0.598. The molecular formula is C15H15Br2NO2. The molecule has 0 bridgehead atoms. The number of rotatable bonds is 5. The van der Waals surface area contributed by atoms with Crippen molar-refractivity contribution in [1.82, 2.24) is 0 Å². The zero-order valence-electron chi connectivity index (χ0n) is 11.0. The van der Waals surface area contributed by atoms with Crippen molar-refractivity contribution < 1.29 is 9.47 Å². The molecule has 3 nitrogen and oxygen atoms in total. The third-order valence-electron chi connectivity index (χ3n) is 2.83. The molecule has 2 aromatic rings. The second kappa shape index (κ2) is 6.99. The normalized spacial score (nSPS) is 10.3. The second-order valence-corrected chi connectivity index (χ2v) is 5.97. The Balaban J connectivity index is 1.97. The van der Waals surface area contributed by atoms with E-state index in [0.717, 1.165) is 32.6 Å². The Labute approximate surface area is 135 Å². The van der Waals surface area contributed by atoms with Gasteiger partial charge in [0.1, 0.15) is 11.5 Å². The molecule has 0 fully saturated rings. The first-order valence-corrected chi connectivity index (χ1v) is 7.69. The van der Waals surface area contributed by atoms with Gasteiger partial charge in [0.2, 0.25) is 0 Å². The fourth-order valence-electron chi connectivity index (χ4n) is 1.74. The van der Waals surface area contributed by atoms with Crippen LogP contribution in [0.4, 0.5) is 5.69 Å². The van der Waals surface area contributed by atoms with Crippen LogP contribution >= 0.6 is 31.9 Å². The molecule has 2 aromatic carbocycles. The maximum atomic E-state index is 5.79. The number of hydrogen-bond acceptors (Lipinski definition) is 3. The largest absolute Gasteiger partial charge is 0.496 e. The minimum absolute atomic E-state index is 0.598. The molecule has 2 N–H and O–H groups in total. The average molecular weight is 401 g/mol. The standard InChI is InChI=1S/C15H15Br2NO2/c1-19-14-8-13(17)15(9-12(14)16)20-7-6-10-2-4-11(18)5-3-10/h2-5,8-9H,6-7,18H2,1H3. The number of nitrogens with two attached hydrogens (primary N) is 1. The summed E-state index contributed by atoms with van der Waals surface area (Å²) in [6.07, 6.45) is 0.830. The van der Waals surface area contributed by atoms with Crippen molar-refractivity contribution >= 4 is 37.5 Å². The number of hydrogen-bond donors (Lipinski definition) is 1. The second-order valence-electron chi connectivity index (χ2n) is 4.26. The fraction of sp³-hybridized carbons (Fsp3) is 0.200. The van der Waals surface area contributed by atoms with Gasteiger partial charge < -0.3 is 15.2 Å². The van der Waals surface area contributed by atoms with Crippen LogP contribution in [0.3, 0.4) is 0 Å². The highest BCUT2D eigenvalue weighted by molar-refractivity contribution is 9.11. The van der Waals surface area contributed by atoms with Crippen LogP contribution in [-0.4, -0.2) is 13.7 Å². The molecule has 2 rings (SSSR count). The molecule has 0 atom stereocenters. The smallest absolute Gasteiger partial charge is 0.134 e. The molecule has 0 unspecified atom stereocenters. The summed E-state index contributed by atoms with van der Waals surface area (Å²) in [5, 5.41) is 0. The first-order chi connectivity index (χ1) is 9.60. The van der Waals surface area contributed by atoms with Crippen LogP contribution in [-0.2, 0) is 6.42 Å². The zero-order valence-corrected chi connectivity index (χ0v) is 14.2. The lowest BCUT2D eigenvalue weighted by Gasteiger charge is -2.11. The van der Waals surface area contributed by atoms with E-state index < -0.39 is 0 Å². The van der Waals surface area contributed by atoms with Gasteiger partial charge in [0.15, 0.2) is 0 Å². The lowest BCUT2D eigenvalue weighted by atomic mass is 10.1. The van der Waals surface area contributed by atoms with Gasteiger partial charge in [0.25, 0.3) is 0 Å². The fourth-order valence-corrected chi connectivity index (χ4v) is 2.66. The van der Waals surface area contributed by atoms with E-state index >= 15 is 0 Å². The summed E-state index contributed by atoms with van der Waals surface area (Å²) in [6, 6.07) is 11.6. The van der Waals surface area contributed by atoms with Gasteiger partial charge in [-0.1, -0.05) is 12.1 Å². The molecule has 0 heterocycles. The number of nitrogen functional groups attached to an aromatic ring is 1. The average Bonchev–Trinajstić information content (AvgIpc) is 2.44. The highest BCUT2D eigenvalue weighted by atomic mass is 79.9. The molecule has 0 spiro atoms. The van der Waals surface area contributed by atoms with Crippen LogP contribution in [0.2, 0.25) is 0 Å². The van der Waals surface area contributed by atoms with Crippen LogP contribution < -0.4 is 15.2 Å². The number of methoxy groups -OCH3 is 1. The first kappa shape index (κ1) is 15.2. The summed E-state index contributed by atoms with van der Waals surface area (Å²) < 4.78 is 12.7. The third-order valence-corrected chi connectivity index (χ3v) is 4.07. The molecule has 0 aliphatic rings. The molecule has 0 aromatic heterocycles. The molecule has 5 heteroatoms. The van der Waals surface area contributed by atoms with Crippen LogP contribution in [0.5, 0.6) is 11.5 Å². The van der Waals surface area contributed by atoms with Crippen molar-refractivity contribution in [2.75, 3.05) is 19.5 Å². The van der Waals surface area contributed by atoms with Gasteiger partial charge >= 0.3 is 0 Å². The molecule has 0 aliphatic heterocycles. The Kier molecular flexibility index (Phi) is 5.31. The van der Waals surface area contributed by atoms with Crippen LogP contribution in [0.1, 0.15) is 5.56 Å². The molecular weight excluding hydrogens is 386 g/mol. The van der Waals surface area contributed by atoms with E-state index in [4.69, 9.17) is 15.2 Å². The molecule has 0 saturated carbocycles. The van der Waals surface area contributed by atoms with E-state index in [1.54, 1.807) is 7.11 Å². The van der Waals surface area contributed by atoms with Gasteiger partial charge in [-0.05, 0) is 61.7 Å². The maximum absolute atomic E-state index is 5.79. The Morgan fingerprint density at radius 3 is 2.25 bits per heavy atom. The van der Waals surface area contributed by atoms with Crippen molar-refractivity contribution in [3.05, 3.63) is 50.9 Å². The Hall–Kier alpha value is -1.20. The van der Waals surface area contributed by atoms with E-state index in [0.29, 0.717) is 6.61 Å². The van der Waals surface area contributed by atoms with Crippen LogP contribution in [0.15, 0.2) is 45.3 Å². The summed E-state index contributed by atoms with van der Waals surface area (Å²) >= 11 is 6.92. The van der Waals surface area contributed by atoms with Crippen molar-refractivity contribution in [3.63, 3.8) is 0 Å². The summed E-state index contributed by atoms with van der Waals surface area (Å²) in [5.74, 6) is 1.55. The van der Waals surface area contributed by atoms with Gasteiger partial charge in [0, 0.05) is 12.1 Å². The van der Waals surface area contributed by atoms with Gasteiger partial charge in [-0.3, -0.25) is 0 Å². The number of anilines is 1. The zero-order chi connectivity index (χ0) is 14.5. The highest BCUT2D eigenvalue weighted by Gasteiger charge is 2.08. The molecule has 0 amide bonds. The van der Waals surface area contributed by atoms with Crippen molar-refractivity contribution in [2.24, 2.45) is 0 Å². The van der Waals surface area contributed by atoms with Gasteiger partial charge in [-0.2, -0.15) is 0 Å². The number of halogens is 2. The van der Waals surface area contributed by atoms with Gasteiger partial charge in [-0.25, -0.2) is 0 Å². The minimum Gasteiger partial charge on any atom is -0.496 e. The lowest BCUT2D eigenvalue weighted by Crippen LogP contribution is -2.02. The molecule has 0 saturated heterocycles. The van der Waals surface area contributed by atoms with Crippen molar-refractivity contribution in [3.8, 4) is 11.5 Å². The van der Waals surface area contributed by atoms with E-state index in [-0.39, 0.29) is 0 Å². The summed E-state index contributed by atoms with van der Waals surface area (Å²) in [7, 11) is 1.63. The quantitative estimate of drug-likeness (QED) is 0.755. The summed E-state index contributed by atoms with van der Waals surface area (Å²) in [6.45, 7) is 0.598. The maximum Gasteiger partial charge on any atom is 0.134 e. The Morgan fingerprint density at radius 1 is 1.00 bits per heavy atom. The summed E-state index contributed by atoms with van der Waals surface area (Å²) in [5.41, 5.74) is 7.63. The van der Waals surface area contributed by atoms with E-state index in [2.05, 4.69) is 31.9 Å². The van der Waals surface area contributed by atoms with E-state index in [9.17, 15) is 0 Å².